The summed E-state index contributed by atoms with van der Waals surface area (Å²) in [4.78, 5) is 22.7. The fourth-order valence-corrected chi connectivity index (χ4v) is 1.75. The van der Waals surface area contributed by atoms with Gasteiger partial charge in [0.25, 0.3) is 0 Å². The lowest BCUT2D eigenvalue weighted by atomic mass is 10.5. The van der Waals surface area contributed by atoms with Crippen molar-refractivity contribution in [2.75, 3.05) is 33.2 Å². The van der Waals surface area contributed by atoms with Crippen LogP contribution < -0.4 is 10.5 Å². The van der Waals surface area contributed by atoms with Crippen LogP contribution in [0.1, 0.15) is 12.8 Å². The highest BCUT2D eigenvalue weighted by molar-refractivity contribution is 5.77. The third-order valence-corrected chi connectivity index (χ3v) is 2.78. The largest absolute Gasteiger partial charge is 0.507 e. The molecule has 0 amide bonds. The van der Waals surface area contributed by atoms with E-state index in [1.165, 1.54) is 25.1 Å². The van der Waals surface area contributed by atoms with E-state index in [9.17, 15) is 9.90 Å². The maximum Gasteiger partial charge on any atom is 0.507 e. The van der Waals surface area contributed by atoms with Crippen LogP contribution in [0.4, 0.5) is 10.7 Å². The molecule has 1 unspecified atom stereocenters. The highest BCUT2D eigenvalue weighted by Gasteiger charge is 2.17. The van der Waals surface area contributed by atoms with Crippen molar-refractivity contribution in [3.8, 4) is 5.88 Å². The monoisotopic (exact) mass is 327 g/mol. The van der Waals surface area contributed by atoms with Crippen molar-refractivity contribution in [1.29, 1.82) is 0 Å². The molecule has 11 nitrogen and oxygen atoms in total. The van der Waals surface area contributed by atoms with Gasteiger partial charge in [-0.2, -0.15) is 9.97 Å². The summed E-state index contributed by atoms with van der Waals surface area (Å²) >= 11 is 0. The van der Waals surface area contributed by atoms with Crippen LogP contribution in [0.3, 0.4) is 0 Å². The smallest absolute Gasteiger partial charge is 0.479 e. The second-order valence-corrected chi connectivity index (χ2v) is 4.27. The Morgan fingerprint density at radius 3 is 2.87 bits per heavy atom. The molecule has 2 aromatic heterocycles. The molecular formula is C12H17N5O6. The molecule has 0 aliphatic rings. The number of carbonyl (C=O) groups excluding carboxylic acids is 1. The van der Waals surface area contributed by atoms with Gasteiger partial charge in [0.2, 0.25) is 18.2 Å². The standard InChI is InChI=1S/C12H17N5O6/c1-20-9-7-8(15-10(13)16-9)17(6-14-7)11(18)22-4-3-5-23-12(19)21-2/h6,11,18H,3-5H2,1-2H3,(H2,13,15,16). The SMILES string of the molecule is COC(=O)OCCCOC(O)n1cnc2c(OC)nc(N)nc21. The zero-order valence-corrected chi connectivity index (χ0v) is 12.6. The average molecular weight is 327 g/mol. The first-order chi connectivity index (χ1) is 11.1. The highest BCUT2D eigenvalue weighted by atomic mass is 16.7. The summed E-state index contributed by atoms with van der Waals surface area (Å²) in [6, 6.07) is 0. The van der Waals surface area contributed by atoms with Crippen LogP contribution in [0.2, 0.25) is 0 Å². The van der Waals surface area contributed by atoms with Crippen molar-refractivity contribution in [2.45, 2.75) is 12.8 Å². The average Bonchev–Trinajstić information content (AvgIpc) is 2.96. The van der Waals surface area contributed by atoms with Crippen LogP contribution in [0, 0.1) is 0 Å². The van der Waals surface area contributed by atoms with Crippen LogP contribution in [0.15, 0.2) is 6.33 Å². The fraction of sp³-hybridized carbons (Fsp3) is 0.500. The predicted molar refractivity (Wildman–Crippen MR) is 76.5 cm³/mol. The summed E-state index contributed by atoms with van der Waals surface area (Å²) in [6.07, 6.45) is -0.404. The van der Waals surface area contributed by atoms with Crippen molar-refractivity contribution in [3.63, 3.8) is 0 Å². The molecule has 126 valence electrons. The zero-order valence-electron chi connectivity index (χ0n) is 12.6. The number of aliphatic hydroxyl groups is 1. The van der Waals surface area contributed by atoms with Gasteiger partial charge in [-0.25, -0.2) is 9.78 Å². The summed E-state index contributed by atoms with van der Waals surface area (Å²) in [5.74, 6) is 0.180. The van der Waals surface area contributed by atoms with Gasteiger partial charge in [-0.15, -0.1) is 0 Å². The van der Waals surface area contributed by atoms with E-state index in [-0.39, 0.29) is 30.7 Å². The lowest BCUT2D eigenvalue weighted by molar-refractivity contribution is -0.152. The molecule has 0 bridgehead atoms. The number of imidazole rings is 1. The van der Waals surface area contributed by atoms with E-state index in [0.29, 0.717) is 11.9 Å². The van der Waals surface area contributed by atoms with Gasteiger partial charge < -0.3 is 29.8 Å². The molecule has 2 aromatic rings. The number of hydrogen-bond donors (Lipinski definition) is 2. The number of nitrogen functional groups attached to an aromatic ring is 1. The van der Waals surface area contributed by atoms with Crippen LogP contribution >= 0.6 is 0 Å². The Labute approximate surface area is 130 Å². The van der Waals surface area contributed by atoms with Crippen LogP contribution in [0.25, 0.3) is 11.2 Å². The van der Waals surface area contributed by atoms with Crippen molar-refractivity contribution < 1.29 is 28.8 Å². The van der Waals surface area contributed by atoms with Crippen molar-refractivity contribution in [3.05, 3.63) is 6.33 Å². The van der Waals surface area contributed by atoms with Crippen LogP contribution in [-0.2, 0) is 14.2 Å². The zero-order chi connectivity index (χ0) is 16.8. The van der Waals surface area contributed by atoms with Gasteiger partial charge in [0, 0.05) is 6.42 Å². The maximum atomic E-state index is 10.7. The first-order valence-corrected chi connectivity index (χ1v) is 6.61. The molecule has 0 aliphatic carbocycles. The second kappa shape index (κ2) is 7.56. The van der Waals surface area contributed by atoms with Gasteiger partial charge in [0.05, 0.1) is 27.4 Å². The molecule has 0 spiro atoms. The van der Waals surface area contributed by atoms with E-state index in [4.69, 9.17) is 15.2 Å². The Morgan fingerprint density at radius 2 is 2.17 bits per heavy atom. The molecule has 0 radical (unpaired) electrons. The number of methoxy groups -OCH3 is 2. The Morgan fingerprint density at radius 1 is 1.39 bits per heavy atom. The molecule has 3 N–H and O–H groups in total. The summed E-state index contributed by atoms with van der Waals surface area (Å²) < 4.78 is 20.6. The third-order valence-electron chi connectivity index (χ3n) is 2.78. The lowest BCUT2D eigenvalue weighted by Crippen LogP contribution is -2.15. The minimum absolute atomic E-state index is 0.0187. The highest BCUT2D eigenvalue weighted by Crippen LogP contribution is 2.23. The molecule has 2 heterocycles. The molecular weight excluding hydrogens is 310 g/mol. The van der Waals surface area contributed by atoms with E-state index in [0.717, 1.165) is 0 Å². The molecule has 11 heteroatoms. The van der Waals surface area contributed by atoms with Gasteiger partial charge in [-0.3, -0.25) is 4.57 Å². The number of nitrogens with zero attached hydrogens (tertiary/aromatic N) is 4. The number of hydrogen-bond acceptors (Lipinski definition) is 10. The Kier molecular flexibility index (Phi) is 5.49. The van der Waals surface area contributed by atoms with Crippen molar-refractivity contribution >= 4 is 23.3 Å². The van der Waals surface area contributed by atoms with E-state index in [2.05, 4.69) is 24.4 Å². The van der Waals surface area contributed by atoms with Crippen molar-refractivity contribution in [1.82, 2.24) is 19.5 Å². The van der Waals surface area contributed by atoms with Gasteiger partial charge in [-0.1, -0.05) is 0 Å². The number of ether oxygens (including phenoxy) is 4. The number of fused-ring (bicyclic) bond motifs is 1. The van der Waals surface area contributed by atoms with Crippen LogP contribution in [-0.4, -0.2) is 58.2 Å². The lowest BCUT2D eigenvalue weighted by Gasteiger charge is -2.13. The van der Waals surface area contributed by atoms with Gasteiger partial charge in [0.15, 0.2) is 11.2 Å². The van der Waals surface area contributed by atoms with Gasteiger partial charge >= 0.3 is 6.16 Å². The number of aliphatic hydroxyl groups excluding tert-OH is 1. The van der Waals surface area contributed by atoms with Crippen LogP contribution in [0.5, 0.6) is 5.88 Å². The number of anilines is 1. The minimum atomic E-state index is -1.34. The summed E-state index contributed by atoms with van der Waals surface area (Å²) in [5, 5.41) is 10.0. The fourth-order valence-electron chi connectivity index (χ4n) is 1.75. The molecule has 0 saturated carbocycles. The van der Waals surface area contributed by atoms with E-state index >= 15 is 0 Å². The van der Waals surface area contributed by atoms with E-state index in [1.54, 1.807) is 0 Å². The Bertz CT molecular complexity index is 675. The van der Waals surface area contributed by atoms with E-state index in [1.807, 2.05) is 0 Å². The van der Waals surface area contributed by atoms with Crippen molar-refractivity contribution in [2.24, 2.45) is 0 Å². The molecule has 23 heavy (non-hydrogen) atoms. The minimum Gasteiger partial charge on any atom is -0.479 e. The Balaban J connectivity index is 1.97. The number of carbonyl (C=O) groups is 1. The number of aromatic nitrogens is 4. The molecule has 0 aromatic carbocycles. The topological polar surface area (TPSA) is 144 Å². The first kappa shape index (κ1) is 16.7. The molecule has 2 rings (SSSR count). The Hall–Kier alpha value is -2.66. The predicted octanol–water partition coefficient (Wildman–Crippen LogP) is 0.0552. The second-order valence-electron chi connectivity index (χ2n) is 4.27. The quantitative estimate of drug-likeness (QED) is 0.406. The molecule has 0 fully saturated rings. The number of rotatable bonds is 7. The normalized spacial score (nSPS) is 12.1. The van der Waals surface area contributed by atoms with Gasteiger partial charge in [-0.05, 0) is 0 Å². The molecule has 1 atom stereocenters. The summed E-state index contributed by atoms with van der Waals surface area (Å²) in [5.41, 5.74) is 6.20. The molecule has 0 aliphatic heterocycles. The third kappa shape index (κ3) is 3.96. The maximum absolute atomic E-state index is 10.7. The summed E-state index contributed by atoms with van der Waals surface area (Å²) in [6.45, 7) is 0.239. The van der Waals surface area contributed by atoms with Gasteiger partial charge in [0.1, 0.15) is 6.33 Å². The van der Waals surface area contributed by atoms with E-state index < -0.39 is 12.6 Å². The summed E-state index contributed by atoms with van der Waals surface area (Å²) in [7, 11) is 2.64. The molecule has 0 saturated heterocycles. The number of nitrogens with two attached hydrogens (primary N) is 1. The first-order valence-electron chi connectivity index (χ1n) is 6.61.